The van der Waals surface area contributed by atoms with Gasteiger partial charge in [0.05, 0.1) is 13.2 Å². The highest BCUT2D eigenvalue weighted by Crippen LogP contribution is 2.54. The van der Waals surface area contributed by atoms with Gasteiger partial charge in [0.1, 0.15) is 23.7 Å². The van der Waals surface area contributed by atoms with Crippen LogP contribution in [0.15, 0.2) is 60.7 Å². The van der Waals surface area contributed by atoms with E-state index < -0.39 is 65.5 Å². The quantitative estimate of drug-likeness (QED) is 0.0848. The number of carbonyl (C=O) groups is 6. The number of methoxy groups -OCH3 is 1. The maximum absolute atomic E-state index is 14.0. The molecule has 1 aliphatic heterocycles. The van der Waals surface area contributed by atoms with Gasteiger partial charge < -0.3 is 47.9 Å². The molecule has 2 fully saturated rings. The SMILES string of the molecule is COC(=O)C1(N)CC2(CCN(C(=O)[C@@H](CCCCN)NC(=O)[C@@H](CC(C)C)NC(=O)[C@@H](Cc3ccccc3)NC(=O)[C@H](N)Cc3ccccc3)CC2)C1.O=C(O)C(F)(F)F. The molecule has 1 heterocycles. The number of amides is 4. The van der Waals surface area contributed by atoms with Crippen LogP contribution in [0.25, 0.3) is 0 Å². The van der Waals surface area contributed by atoms with E-state index in [1.54, 1.807) is 4.90 Å². The normalized spacial score (nSPS) is 17.4. The Kier molecular flexibility index (Phi) is 18.5. The number of alkyl halides is 3. The number of halogens is 3. The van der Waals surface area contributed by atoms with Gasteiger partial charge in [0.15, 0.2) is 0 Å². The van der Waals surface area contributed by atoms with Crippen molar-refractivity contribution in [2.75, 3.05) is 26.7 Å². The summed E-state index contributed by atoms with van der Waals surface area (Å²) < 4.78 is 36.6. The fourth-order valence-corrected chi connectivity index (χ4v) is 7.71. The first-order valence-electron chi connectivity index (χ1n) is 20.1. The van der Waals surface area contributed by atoms with Crippen LogP contribution in [0.5, 0.6) is 0 Å². The number of carboxylic acid groups (broad SMARTS) is 1. The number of unbranched alkanes of at least 4 members (excludes halogenated alkanes) is 1. The molecule has 2 aliphatic rings. The second-order valence-electron chi connectivity index (χ2n) is 16.2. The summed E-state index contributed by atoms with van der Waals surface area (Å²) in [7, 11) is 1.34. The van der Waals surface area contributed by atoms with E-state index >= 15 is 0 Å². The number of piperidine rings is 1. The standard InChI is InChI=1S/C40H59N7O6.C2HF3O2/c1-27(2)22-32(46-36(50)33(24-29-14-8-5-9-15-29)45-34(48)30(42)23-28-12-6-4-7-13-28)35(49)44-31(16-10-11-19-41)37(51)47-20-17-39(18-21-47)25-40(43,26-39)38(52)53-3;3-2(4,5)1(6)7/h4-9,12-15,27,30-33H,10-11,16-26,41-43H2,1-3H3,(H,44,49)(H,45,48)(H,46,50);(H,6,7)/t30-,31-,32-,33-;/m1./s1. The van der Waals surface area contributed by atoms with E-state index in [2.05, 4.69) is 16.0 Å². The summed E-state index contributed by atoms with van der Waals surface area (Å²) in [6.45, 7) is 5.32. The minimum atomic E-state index is -5.08. The molecule has 1 aliphatic carbocycles. The number of hydrogen-bond acceptors (Lipinski definition) is 10. The van der Waals surface area contributed by atoms with Crippen molar-refractivity contribution in [1.29, 1.82) is 0 Å². The van der Waals surface area contributed by atoms with Gasteiger partial charge in [-0.3, -0.25) is 24.0 Å². The molecule has 0 aromatic heterocycles. The number of likely N-dealkylation sites (tertiary alicyclic amines) is 1. The summed E-state index contributed by atoms with van der Waals surface area (Å²) in [4.78, 5) is 78.1. The fourth-order valence-electron chi connectivity index (χ4n) is 7.71. The van der Waals surface area contributed by atoms with Gasteiger partial charge in [-0.1, -0.05) is 74.5 Å². The molecule has 0 bridgehead atoms. The molecule has 4 rings (SSSR count). The first kappa shape index (κ1) is 49.3. The Balaban J connectivity index is 0.00000126. The third-order valence-electron chi connectivity index (χ3n) is 10.8. The number of nitrogens with zero attached hydrogens (tertiary/aromatic N) is 1. The Bertz CT molecular complexity index is 1730. The molecule has 15 nitrogen and oxygen atoms in total. The van der Waals surface area contributed by atoms with Gasteiger partial charge in [-0.2, -0.15) is 13.2 Å². The Hall–Kier alpha value is -5.07. The van der Waals surface area contributed by atoms with Crippen LogP contribution >= 0.6 is 0 Å². The zero-order valence-electron chi connectivity index (χ0n) is 34.5. The second-order valence-corrected chi connectivity index (χ2v) is 16.2. The maximum atomic E-state index is 14.0. The lowest BCUT2D eigenvalue weighted by Gasteiger charge is -2.56. The Labute approximate surface area is 348 Å². The molecule has 332 valence electrons. The molecule has 4 amide bonds. The van der Waals surface area contributed by atoms with Crippen LogP contribution in [0.4, 0.5) is 13.2 Å². The number of benzene rings is 2. The molecule has 0 unspecified atom stereocenters. The monoisotopic (exact) mass is 847 g/mol. The summed E-state index contributed by atoms with van der Waals surface area (Å²) >= 11 is 0. The number of esters is 1. The first-order chi connectivity index (χ1) is 28.2. The third-order valence-corrected chi connectivity index (χ3v) is 10.8. The van der Waals surface area contributed by atoms with Crippen molar-refractivity contribution >= 4 is 35.6 Å². The van der Waals surface area contributed by atoms with E-state index in [4.69, 9.17) is 31.8 Å². The van der Waals surface area contributed by atoms with Crippen molar-refractivity contribution in [3.05, 3.63) is 71.8 Å². The van der Waals surface area contributed by atoms with Gasteiger partial charge in [-0.05, 0) is 86.8 Å². The van der Waals surface area contributed by atoms with Crippen molar-refractivity contribution < 1.29 is 51.8 Å². The Morgan fingerprint density at radius 3 is 1.77 bits per heavy atom. The molecule has 4 atom stereocenters. The molecule has 10 N–H and O–H groups in total. The van der Waals surface area contributed by atoms with Gasteiger partial charge in [0.25, 0.3) is 0 Å². The van der Waals surface area contributed by atoms with E-state index in [1.165, 1.54) is 7.11 Å². The highest BCUT2D eigenvalue weighted by molar-refractivity contribution is 5.95. The van der Waals surface area contributed by atoms with Crippen molar-refractivity contribution in [2.45, 2.75) is 114 Å². The minimum absolute atomic E-state index is 0.0271. The minimum Gasteiger partial charge on any atom is -0.475 e. The molecule has 1 saturated carbocycles. The van der Waals surface area contributed by atoms with Crippen molar-refractivity contribution in [3.63, 3.8) is 0 Å². The zero-order chi connectivity index (χ0) is 44.7. The number of aliphatic carboxylic acids is 1. The number of nitrogens with two attached hydrogens (primary N) is 3. The van der Waals surface area contributed by atoms with Crippen LogP contribution in [-0.4, -0.2) is 108 Å². The number of nitrogens with one attached hydrogen (secondary N) is 3. The van der Waals surface area contributed by atoms with E-state index in [0.717, 1.165) is 11.1 Å². The molecule has 18 heteroatoms. The lowest BCUT2D eigenvalue weighted by molar-refractivity contribution is -0.192. The lowest BCUT2D eigenvalue weighted by Crippen LogP contribution is -2.66. The number of carbonyl (C=O) groups excluding carboxylic acids is 5. The smallest absolute Gasteiger partial charge is 0.475 e. The van der Waals surface area contributed by atoms with Crippen LogP contribution < -0.4 is 33.2 Å². The molecule has 2 aromatic rings. The fraction of sp³-hybridized carbons (Fsp3) is 0.571. The van der Waals surface area contributed by atoms with E-state index in [9.17, 15) is 37.1 Å². The predicted octanol–water partition coefficient (Wildman–Crippen LogP) is 2.34. The van der Waals surface area contributed by atoms with E-state index in [1.807, 2.05) is 74.5 Å². The topological polar surface area (TPSA) is 249 Å². The highest BCUT2D eigenvalue weighted by atomic mass is 19.4. The molecular formula is C42H60F3N7O8. The predicted molar refractivity (Wildman–Crippen MR) is 217 cm³/mol. The summed E-state index contributed by atoms with van der Waals surface area (Å²) in [6.07, 6.45) is -0.123. The second kappa shape index (κ2) is 22.5. The van der Waals surface area contributed by atoms with Crippen LogP contribution in [0.3, 0.4) is 0 Å². The molecule has 1 spiro atoms. The number of ether oxygens (including phenoxy) is 1. The summed E-state index contributed by atoms with van der Waals surface area (Å²) in [5, 5.41) is 15.8. The van der Waals surface area contributed by atoms with Gasteiger partial charge in [-0.25, -0.2) is 4.79 Å². The average molecular weight is 848 g/mol. The Morgan fingerprint density at radius 1 is 0.800 bits per heavy atom. The van der Waals surface area contributed by atoms with Crippen LogP contribution in [0.2, 0.25) is 0 Å². The van der Waals surface area contributed by atoms with Crippen LogP contribution in [0.1, 0.15) is 76.3 Å². The third kappa shape index (κ3) is 14.9. The van der Waals surface area contributed by atoms with Crippen molar-refractivity contribution in [3.8, 4) is 0 Å². The molecule has 0 radical (unpaired) electrons. The van der Waals surface area contributed by atoms with Crippen LogP contribution in [-0.2, 0) is 46.3 Å². The molecule has 1 saturated heterocycles. The number of hydrogen-bond donors (Lipinski definition) is 7. The average Bonchev–Trinajstić information content (AvgIpc) is 3.19. The number of rotatable bonds is 18. The number of carboxylic acids is 1. The first-order valence-corrected chi connectivity index (χ1v) is 20.1. The van der Waals surface area contributed by atoms with E-state index in [-0.39, 0.29) is 23.7 Å². The summed E-state index contributed by atoms with van der Waals surface area (Å²) in [5.41, 5.74) is 19.0. The Morgan fingerprint density at radius 2 is 1.28 bits per heavy atom. The summed E-state index contributed by atoms with van der Waals surface area (Å²) in [5.74, 6) is -4.80. The molecule has 60 heavy (non-hydrogen) atoms. The van der Waals surface area contributed by atoms with Crippen molar-refractivity contribution in [2.24, 2.45) is 28.5 Å². The van der Waals surface area contributed by atoms with Crippen LogP contribution in [0, 0.1) is 11.3 Å². The largest absolute Gasteiger partial charge is 0.490 e. The van der Waals surface area contributed by atoms with E-state index in [0.29, 0.717) is 77.4 Å². The van der Waals surface area contributed by atoms with Gasteiger partial charge in [0, 0.05) is 19.5 Å². The van der Waals surface area contributed by atoms with Crippen molar-refractivity contribution in [1.82, 2.24) is 20.9 Å². The maximum Gasteiger partial charge on any atom is 0.490 e. The highest BCUT2D eigenvalue weighted by Gasteiger charge is 2.58. The van der Waals surface area contributed by atoms with Gasteiger partial charge in [-0.15, -0.1) is 0 Å². The van der Waals surface area contributed by atoms with Gasteiger partial charge >= 0.3 is 18.1 Å². The van der Waals surface area contributed by atoms with Gasteiger partial charge in [0.2, 0.25) is 23.6 Å². The zero-order valence-corrected chi connectivity index (χ0v) is 34.5. The summed E-state index contributed by atoms with van der Waals surface area (Å²) in [6, 6.07) is 15.0. The lowest BCUT2D eigenvalue weighted by atomic mass is 9.54. The molecule has 2 aromatic carbocycles. The molecular weight excluding hydrogens is 787 g/mol.